The number of methoxy groups -OCH3 is 2. The molecule has 1 aliphatic rings. The van der Waals surface area contributed by atoms with Crippen molar-refractivity contribution in [3.63, 3.8) is 0 Å². The molecule has 1 amide bonds. The summed E-state index contributed by atoms with van der Waals surface area (Å²) in [5.74, 6) is 0.958. The van der Waals surface area contributed by atoms with Gasteiger partial charge in [0.15, 0.2) is 0 Å². The van der Waals surface area contributed by atoms with E-state index in [-0.39, 0.29) is 5.91 Å². The second-order valence-electron chi connectivity index (χ2n) is 9.92. The lowest BCUT2D eigenvalue weighted by atomic mass is 9.91. The monoisotopic (exact) mass is 541 g/mol. The number of carbonyl (C=O) groups excluding carboxylic acids is 2. The first-order valence-corrected chi connectivity index (χ1v) is 12.8. The maximum absolute atomic E-state index is 13.3. The predicted octanol–water partition coefficient (Wildman–Crippen LogP) is 5.96. The van der Waals surface area contributed by atoms with Gasteiger partial charge in [-0.25, -0.2) is 4.79 Å². The SMILES string of the molecule is COc1ccccc1NCc1c(-c2ccc(OC(=O)c3ccoc3)cc2OC)ccc2c1N(C)C(=O)C(C)(C)N2. The highest BCUT2D eigenvalue weighted by molar-refractivity contribution is 6.09. The Labute approximate surface area is 232 Å². The lowest BCUT2D eigenvalue weighted by molar-refractivity contribution is -0.121. The normalized spacial score (nSPS) is 13.7. The molecular formula is C31H31N3O6. The van der Waals surface area contributed by atoms with Gasteiger partial charge >= 0.3 is 5.97 Å². The molecule has 2 heterocycles. The first-order valence-electron chi connectivity index (χ1n) is 12.8. The number of para-hydroxylation sites is 2. The van der Waals surface area contributed by atoms with Crippen molar-refractivity contribution in [3.8, 4) is 28.4 Å². The van der Waals surface area contributed by atoms with E-state index in [1.54, 1.807) is 38.3 Å². The topological polar surface area (TPSA) is 102 Å². The summed E-state index contributed by atoms with van der Waals surface area (Å²) in [4.78, 5) is 27.4. The molecule has 2 N–H and O–H groups in total. The van der Waals surface area contributed by atoms with Gasteiger partial charge in [0.25, 0.3) is 5.91 Å². The van der Waals surface area contributed by atoms with E-state index in [9.17, 15) is 9.59 Å². The highest BCUT2D eigenvalue weighted by Gasteiger charge is 2.38. The van der Waals surface area contributed by atoms with Gasteiger partial charge in [-0.15, -0.1) is 0 Å². The second-order valence-corrected chi connectivity index (χ2v) is 9.92. The van der Waals surface area contributed by atoms with Crippen LogP contribution in [0.25, 0.3) is 11.1 Å². The van der Waals surface area contributed by atoms with Crippen molar-refractivity contribution >= 4 is 28.9 Å². The first-order chi connectivity index (χ1) is 19.2. The van der Waals surface area contributed by atoms with E-state index in [2.05, 4.69) is 10.6 Å². The standard InChI is InChI=1S/C31H31N3O6/c1-31(2)30(36)34(3)28-23(17-32-24-8-6-7-9-26(24)37-4)21(12-13-25(28)33-31)22-11-10-20(16-27(22)38-5)40-29(35)19-14-15-39-18-19/h6-16,18,32-33H,17H2,1-5H3. The van der Waals surface area contributed by atoms with Gasteiger partial charge < -0.3 is 34.2 Å². The number of fused-ring (bicyclic) bond motifs is 1. The van der Waals surface area contributed by atoms with Crippen LogP contribution in [0.4, 0.5) is 17.1 Å². The molecule has 0 spiro atoms. The summed E-state index contributed by atoms with van der Waals surface area (Å²) in [6.07, 6.45) is 2.74. The predicted molar refractivity (Wildman–Crippen MR) is 154 cm³/mol. The number of rotatable bonds is 8. The number of hydrogen-bond acceptors (Lipinski definition) is 8. The fraction of sp³-hybridized carbons (Fsp3) is 0.226. The van der Waals surface area contributed by atoms with Gasteiger partial charge in [0, 0.05) is 30.8 Å². The Morgan fingerprint density at radius 2 is 1.75 bits per heavy atom. The lowest BCUT2D eigenvalue weighted by Crippen LogP contribution is -2.52. The summed E-state index contributed by atoms with van der Waals surface area (Å²) in [6.45, 7) is 4.11. The summed E-state index contributed by atoms with van der Waals surface area (Å²) in [7, 11) is 4.97. The molecule has 40 heavy (non-hydrogen) atoms. The third-order valence-corrected chi connectivity index (χ3v) is 6.90. The average Bonchev–Trinajstić information content (AvgIpc) is 3.50. The Hall–Kier alpha value is -4.92. The third-order valence-electron chi connectivity index (χ3n) is 6.90. The highest BCUT2D eigenvalue weighted by Crippen LogP contribution is 2.45. The van der Waals surface area contributed by atoms with Gasteiger partial charge in [-0.1, -0.05) is 18.2 Å². The molecule has 206 valence electrons. The van der Waals surface area contributed by atoms with Crippen molar-refractivity contribution in [2.24, 2.45) is 0 Å². The number of esters is 1. The van der Waals surface area contributed by atoms with E-state index >= 15 is 0 Å². The zero-order chi connectivity index (χ0) is 28.4. The van der Waals surface area contributed by atoms with E-state index < -0.39 is 11.5 Å². The van der Waals surface area contributed by atoms with Crippen LogP contribution < -0.4 is 29.7 Å². The van der Waals surface area contributed by atoms with Crippen molar-refractivity contribution in [2.45, 2.75) is 25.9 Å². The Morgan fingerprint density at radius 1 is 1.00 bits per heavy atom. The molecule has 0 unspecified atom stereocenters. The summed E-state index contributed by atoms with van der Waals surface area (Å²) >= 11 is 0. The van der Waals surface area contributed by atoms with E-state index in [0.717, 1.165) is 33.8 Å². The van der Waals surface area contributed by atoms with Crippen LogP contribution in [0.3, 0.4) is 0 Å². The van der Waals surface area contributed by atoms with Crippen LogP contribution in [0.2, 0.25) is 0 Å². The van der Waals surface area contributed by atoms with Crippen LogP contribution in [-0.2, 0) is 11.3 Å². The molecule has 4 aromatic rings. The molecule has 1 aliphatic heterocycles. The van der Waals surface area contributed by atoms with Crippen molar-refractivity contribution in [1.82, 2.24) is 0 Å². The number of benzene rings is 3. The minimum Gasteiger partial charge on any atom is -0.496 e. The zero-order valence-corrected chi connectivity index (χ0v) is 23.0. The smallest absolute Gasteiger partial charge is 0.346 e. The van der Waals surface area contributed by atoms with Crippen LogP contribution in [-0.4, -0.2) is 38.7 Å². The number of ether oxygens (including phenoxy) is 3. The second kappa shape index (κ2) is 10.7. The summed E-state index contributed by atoms with van der Waals surface area (Å²) in [5, 5.41) is 6.87. The third kappa shape index (κ3) is 4.93. The molecule has 5 rings (SSSR count). The van der Waals surface area contributed by atoms with Crippen LogP contribution in [0.15, 0.2) is 77.6 Å². The van der Waals surface area contributed by atoms with Crippen molar-refractivity contribution in [1.29, 1.82) is 0 Å². The number of furan rings is 1. The molecule has 0 radical (unpaired) electrons. The highest BCUT2D eigenvalue weighted by atomic mass is 16.5. The van der Waals surface area contributed by atoms with Crippen molar-refractivity contribution < 1.29 is 28.2 Å². The van der Waals surface area contributed by atoms with Crippen molar-refractivity contribution in [2.75, 3.05) is 36.8 Å². The van der Waals surface area contributed by atoms with Crippen LogP contribution in [0.1, 0.15) is 29.8 Å². The number of nitrogens with zero attached hydrogens (tertiary/aromatic N) is 1. The minimum absolute atomic E-state index is 0.0517. The zero-order valence-electron chi connectivity index (χ0n) is 23.0. The number of anilines is 3. The summed E-state index contributed by atoms with van der Waals surface area (Å²) in [6, 6.07) is 18.4. The van der Waals surface area contributed by atoms with Gasteiger partial charge in [0.05, 0.1) is 43.1 Å². The minimum atomic E-state index is -0.755. The Bertz CT molecular complexity index is 1560. The van der Waals surface area contributed by atoms with E-state index in [1.807, 2.05) is 56.3 Å². The number of nitrogens with one attached hydrogen (secondary N) is 2. The molecule has 9 heteroatoms. The molecule has 0 saturated heterocycles. The fourth-order valence-corrected chi connectivity index (χ4v) is 4.94. The Kier molecular flexibility index (Phi) is 7.13. The Morgan fingerprint density at radius 3 is 2.48 bits per heavy atom. The van der Waals surface area contributed by atoms with Crippen molar-refractivity contribution in [3.05, 3.63) is 84.3 Å². The molecular weight excluding hydrogens is 510 g/mol. The molecule has 0 aliphatic carbocycles. The molecule has 0 saturated carbocycles. The van der Waals surface area contributed by atoms with Gasteiger partial charge in [0.1, 0.15) is 29.1 Å². The van der Waals surface area contributed by atoms with E-state index in [0.29, 0.717) is 29.4 Å². The summed E-state index contributed by atoms with van der Waals surface area (Å²) < 4.78 is 21.8. The molecule has 0 atom stereocenters. The molecule has 0 fully saturated rings. The molecule has 0 bridgehead atoms. The number of hydrogen-bond donors (Lipinski definition) is 2. The van der Waals surface area contributed by atoms with Gasteiger partial charge in [-0.2, -0.15) is 0 Å². The Balaban J connectivity index is 1.58. The molecule has 1 aromatic heterocycles. The quantitative estimate of drug-likeness (QED) is 0.208. The van der Waals surface area contributed by atoms with Crippen LogP contribution in [0.5, 0.6) is 17.2 Å². The van der Waals surface area contributed by atoms with Crippen LogP contribution in [0, 0.1) is 0 Å². The largest absolute Gasteiger partial charge is 0.496 e. The van der Waals surface area contributed by atoms with Gasteiger partial charge in [0.2, 0.25) is 0 Å². The number of amides is 1. The molecule has 3 aromatic carbocycles. The number of carbonyl (C=O) groups is 2. The van der Waals surface area contributed by atoms with Gasteiger partial charge in [-0.05, 0) is 55.8 Å². The van der Waals surface area contributed by atoms with E-state index in [4.69, 9.17) is 18.6 Å². The summed E-state index contributed by atoms with van der Waals surface area (Å²) in [5.41, 5.74) is 4.49. The molecule has 9 nitrogen and oxygen atoms in total. The number of likely N-dealkylation sites (N-methyl/N-ethyl adjacent to an activating group) is 1. The maximum Gasteiger partial charge on any atom is 0.346 e. The van der Waals surface area contributed by atoms with Gasteiger partial charge in [-0.3, -0.25) is 4.79 Å². The average molecular weight is 542 g/mol. The van der Waals surface area contributed by atoms with E-state index in [1.165, 1.54) is 18.6 Å². The lowest BCUT2D eigenvalue weighted by Gasteiger charge is -2.40. The van der Waals surface area contributed by atoms with Crippen LogP contribution >= 0.6 is 0 Å². The fourth-order valence-electron chi connectivity index (χ4n) is 4.94. The first kappa shape index (κ1) is 26.7. The maximum atomic E-state index is 13.3.